The minimum absolute atomic E-state index is 0. The van der Waals surface area contributed by atoms with Crippen LogP contribution in [-0.4, -0.2) is 11.4 Å². The summed E-state index contributed by atoms with van der Waals surface area (Å²) in [5.41, 5.74) is 6.86. The second kappa shape index (κ2) is 25.4. The predicted octanol–water partition coefficient (Wildman–Crippen LogP) is 13.3. The summed E-state index contributed by atoms with van der Waals surface area (Å²) in [5.74, 6) is 0. The molecule has 0 aliphatic carbocycles. The van der Waals surface area contributed by atoms with Crippen LogP contribution in [0.25, 0.3) is 12.2 Å². The molecule has 0 heterocycles. The first-order valence-corrected chi connectivity index (χ1v) is 16.9. The third-order valence-electron chi connectivity index (χ3n) is 7.50. The summed E-state index contributed by atoms with van der Waals surface area (Å²) in [6.45, 7) is 9.05. The SMILES string of the molecule is CCCCCCC=Cc1ccc(N=C(CCCC)C(CCCCC)=Nc2ccc(C=CCCCCCC)cc2)cc1.[Pd]. The predicted molar refractivity (Wildman–Crippen MR) is 186 cm³/mol. The normalized spacial score (nSPS) is 12.4. The fourth-order valence-corrected chi connectivity index (χ4v) is 4.86. The van der Waals surface area contributed by atoms with Gasteiger partial charge in [-0.3, -0.25) is 9.98 Å². The van der Waals surface area contributed by atoms with Crippen molar-refractivity contribution in [2.75, 3.05) is 0 Å². The molecule has 0 saturated heterocycles. The van der Waals surface area contributed by atoms with Gasteiger partial charge in [-0.1, -0.05) is 134 Å². The van der Waals surface area contributed by atoms with Crippen LogP contribution in [0.3, 0.4) is 0 Å². The maximum Gasteiger partial charge on any atom is 0.0634 e. The number of unbranched alkanes of at least 4 members (excludes halogenated alkanes) is 11. The Morgan fingerprint density at radius 3 is 1.26 bits per heavy atom. The molecule has 234 valence electrons. The summed E-state index contributed by atoms with van der Waals surface area (Å²) >= 11 is 0. The van der Waals surface area contributed by atoms with Gasteiger partial charge in [0.25, 0.3) is 0 Å². The van der Waals surface area contributed by atoms with E-state index in [1.54, 1.807) is 0 Å². The van der Waals surface area contributed by atoms with E-state index in [0.717, 1.165) is 67.7 Å². The molecule has 2 rings (SSSR count). The van der Waals surface area contributed by atoms with Gasteiger partial charge in [-0.15, -0.1) is 0 Å². The van der Waals surface area contributed by atoms with Crippen LogP contribution in [0, 0.1) is 0 Å². The van der Waals surface area contributed by atoms with Crippen LogP contribution < -0.4 is 0 Å². The Balaban J connectivity index is 0.00000882. The van der Waals surface area contributed by atoms with E-state index >= 15 is 0 Å². The van der Waals surface area contributed by atoms with E-state index in [-0.39, 0.29) is 20.4 Å². The number of benzene rings is 2. The Bertz CT molecular complexity index is 1040. The van der Waals surface area contributed by atoms with E-state index in [9.17, 15) is 0 Å². The molecule has 0 fully saturated rings. The van der Waals surface area contributed by atoms with Gasteiger partial charge < -0.3 is 0 Å². The van der Waals surface area contributed by atoms with Crippen LogP contribution in [0.4, 0.5) is 11.4 Å². The molecule has 0 radical (unpaired) electrons. The number of hydrogen-bond acceptors (Lipinski definition) is 2. The molecule has 0 aliphatic rings. The van der Waals surface area contributed by atoms with E-state index in [4.69, 9.17) is 9.98 Å². The zero-order valence-electron chi connectivity index (χ0n) is 27.2. The molecule has 2 aromatic carbocycles. The van der Waals surface area contributed by atoms with E-state index < -0.39 is 0 Å². The van der Waals surface area contributed by atoms with Crippen molar-refractivity contribution in [2.45, 2.75) is 137 Å². The average Bonchev–Trinajstić information content (AvgIpc) is 3.00. The number of nitrogens with zero attached hydrogens (tertiary/aromatic N) is 2. The van der Waals surface area contributed by atoms with E-state index in [0.29, 0.717) is 0 Å². The molecule has 0 atom stereocenters. The first-order chi connectivity index (χ1) is 20.2. The molecule has 42 heavy (non-hydrogen) atoms. The maximum atomic E-state index is 5.19. The average molecular weight is 661 g/mol. The molecule has 0 saturated carbocycles. The Labute approximate surface area is 273 Å². The number of allylic oxidation sites excluding steroid dienone is 2. The van der Waals surface area contributed by atoms with Gasteiger partial charge in [-0.05, 0) is 86.8 Å². The quantitative estimate of drug-likeness (QED) is 0.0682. The van der Waals surface area contributed by atoms with Gasteiger partial charge in [-0.25, -0.2) is 0 Å². The maximum absolute atomic E-state index is 5.19. The first-order valence-electron chi connectivity index (χ1n) is 16.9. The van der Waals surface area contributed by atoms with Crippen LogP contribution in [0.5, 0.6) is 0 Å². The Morgan fingerprint density at radius 1 is 0.476 bits per heavy atom. The molecule has 0 amide bonds. The number of aliphatic imine (C=N–C) groups is 2. The largest absolute Gasteiger partial charge is 0.252 e. The number of hydrogen-bond donors (Lipinski definition) is 0. The second-order valence-corrected chi connectivity index (χ2v) is 11.4. The zero-order chi connectivity index (χ0) is 29.4. The fraction of sp³-hybridized carbons (Fsp3) is 0.538. The third kappa shape index (κ3) is 17.1. The van der Waals surface area contributed by atoms with E-state index in [2.05, 4.69) is 101 Å². The summed E-state index contributed by atoms with van der Waals surface area (Å²) in [6.07, 6.45) is 29.8. The fourth-order valence-electron chi connectivity index (χ4n) is 4.86. The van der Waals surface area contributed by atoms with E-state index in [1.807, 2.05) is 0 Å². The van der Waals surface area contributed by atoms with Crippen LogP contribution in [0.1, 0.15) is 148 Å². The number of rotatable bonds is 22. The summed E-state index contributed by atoms with van der Waals surface area (Å²) in [5, 5.41) is 0. The van der Waals surface area contributed by atoms with Crippen molar-refractivity contribution < 1.29 is 20.4 Å². The first kappa shape index (κ1) is 37.9. The Hall–Kier alpha value is -2.08. The molecule has 0 aromatic heterocycles. The van der Waals surface area contributed by atoms with Crippen molar-refractivity contribution in [1.29, 1.82) is 0 Å². The second-order valence-electron chi connectivity index (χ2n) is 11.4. The molecule has 0 aliphatic heterocycles. The monoisotopic (exact) mass is 660 g/mol. The van der Waals surface area contributed by atoms with Crippen molar-refractivity contribution in [3.63, 3.8) is 0 Å². The Kier molecular flexibility index (Phi) is 23.0. The van der Waals surface area contributed by atoms with Crippen molar-refractivity contribution >= 4 is 35.0 Å². The van der Waals surface area contributed by atoms with Gasteiger partial charge in [0.15, 0.2) is 0 Å². The summed E-state index contributed by atoms with van der Waals surface area (Å²) in [6, 6.07) is 17.4. The van der Waals surface area contributed by atoms with Gasteiger partial charge >= 0.3 is 0 Å². The van der Waals surface area contributed by atoms with Gasteiger partial charge in [0.1, 0.15) is 0 Å². The van der Waals surface area contributed by atoms with Crippen molar-refractivity contribution in [3.8, 4) is 0 Å². The minimum atomic E-state index is 0. The Morgan fingerprint density at radius 2 is 0.857 bits per heavy atom. The van der Waals surface area contributed by atoms with Gasteiger partial charge in [0.05, 0.1) is 22.8 Å². The van der Waals surface area contributed by atoms with Crippen molar-refractivity contribution in [2.24, 2.45) is 9.98 Å². The summed E-state index contributed by atoms with van der Waals surface area (Å²) in [4.78, 5) is 10.4. The standard InChI is InChI=1S/C39H58N2.Pd/c1-5-9-13-15-17-20-22-34-26-30-36(31-27-34)40-38(24-12-8-4)39(25-19-11-7-3)41-37-32-28-35(29-33-37)23-21-18-16-14-10-6-2;/h20-23,26-33H,5-19,24-25H2,1-4H3;. The smallest absolute Gasteiger partial charge is 0.0634 e. The third-order valence-corrected chi connectivity index (χ3v) is 7.50. The van der Waals surface area contributed by atoms with Crippen molar-refractivity contribution in [3.05, 3.63) is 71.8 Å². The van der Waals surface area contributed by atoms with Crippen molar-refractivity contribution in [1.82, 2.24) is 0 Å². The van der Waals surface area contributed by atoms with Crippen LogP contribution in [0.15, 0.2) is 70.7 Å². The van der Waals surface area contributed by atoms with Crippen LogP contribution in [-0.2, 0) is 20.4 Å². The molecule has 3 heteroatoms. The summed E-state index contributed by atoms with van der Waals surface area (Å²) in [7, 11) is 0. The van der Waals surface area contributed by atoms with Crippen LogP contribution in [0.2, 0.25) is 0 Å². The molecule has 2 nitrogen and oxygen atoms in total. The molecular formula is C39H58N2Pd. The van der Waals surface area contributed by atoms with E-state index in [1.165, 1.54) is 75.3 Å². The molecule has 0 unspecified atom stereocenters. The molecule has 0 spiro atoms. The molecule has 0 N–H and O–H groups in total. The van der Waals surface area contributed by atoms with Crippen LogP contribution >= 0.6 is 0 Å². The molecular weight excluding hydrogens is 603 g/mol. The topological polar surface area (TPSA) is 24.7 Å². The van der Waals surface area contributed by atoms with Gasteiger partial charge in [-0.2, -0.15) is 0 Å². The zero-order valence-corrected chi connectivity index (χ0v) is 28.7. The summed E-state index contributed by atoms with van der Waals surface area (Å²) < 4.78 is 0. The molecule has 0 bridgehead atoms. The van der Waals surface area contributed by atoms with Gasteiger partial charge in [0.2, 0.25) is 0 Å². The van der Waals surface area contributed by atoms with Gasteiger partial charge in [0, 0.05) is 20.4 Å². The molecule has 2 aromatic rings. The minimum Gasteiger partial charge on any atom is -0.252 e.